The minimum Gasteiger partial charge on any atom is -0.497 e. The summed E-state index contributed by atoms with van der Waals surface area (Å²) in [5.74, 6) is 0.759. The fourth-order valence-electron chi connectivity index (χ4n) is 1.52. The van der Waals surface area contributed by atoms with E-state index in [9.17, 15) is 0 Å². The van der Waals surface area contributed by atoms with Crippen LogP contribution in [-0.2, 0) is 0 Å². The minimum atomic E-state index is 0.329. The van der Waals surface area contributed by atoms with Crippen LogP contribution in [0.25, 0.3) is 5.69 Å². The predicted octanol–water partition coefficient (Wildman–Crippen LogP) is 2.71. The number of nitriles is 1. The monoisotopic (exact) mass is 247 g/mol. The molecule has 1 heterocycles. The maximum atomic E-state index is 8.93. The van der Waals surface area contributed by atoms with Gasteiger partial charge in [-0.15, -0.1) is 0 Å². The standard InChI is InChI=1S/C12H10ClN3O/c1-8-11(7-14)12(13)16(15-8)9-3-5-10(17-2)6-4-9/h3-6H,1-2H3. The fraction of sp³-hybridized carbons (Fsp3) is 0.167. The van der Waals surface area contributed by atoms with Crippen molar-refractivity contribution in [3.63, 3.8) is 0 Å². The van der Waals surface area contributed by atoms with Gasteiger partial charge in [0.15, 0.2) is 5.15 Å². The second kappa shape index (κ2) is 4.48. The highest BCUT2D eigenvalue weighted by Crippen LogP contribution is 2.23. The number of rotatable bonds is 2. The van der Waals surface area contributed by atoms with Crippen molar-refractivity contribution in [3.05, 3.63) is 40.7 Å². The van der Waals surface area contributed by atoms with Crippen LogP contribution in [-0.4, -0.2) is 16.9 Å². The van der Waals surface area contributed by atoms with Crippen LogP contribution in [0, 0.1) is 18.3 Å². The van der Waals surface area contributed by atoms with Gasteiger partial charge >= 0.3 is 0 Å². The first-order chi connectivity index (χ1) is 8.17. The van der Waals surface area contributed by atoms with Crippen LogP contribution in [0.15, 0.2) is 24.3 Å². The normalized spacial score (nSPS) is 10.0. The number of aryl methyl sites for hydroxylation is 1. The molecule has 0 aliphatic heterocycles. The molecule has 2 rings (SSSR count). The number of methoxy groups -OCH3 is 1. The Bertz CT molecular complexity index is 581. The third kappa shape index (κ3) is 1.97. The molecule has 0 atom stereocenters. The molecule has 0 bridgehead atoms. The van der Waals surface area contributed by atoms with E-state index >= 15 is 0 Å². The number of halogens is 1. The Hall–Kier alpha value is -1.99. The summed E-state index contributed by atoms with van der Waals surface area (Å²) in [5.41, 5.74) is 1.82. The highest BCUT2D eigenvalue weighted by molar-refractivity contribution is 6.31. The van der Waals surface area contributed by atoms with E-state index in [1.165, 1.54) is 4.68 Å². The maximum Gasteiger partial charge on any atom is 0.150 e. The first-order valence-electron chi connectivity index (χ1n) is 4.97. The summed E-state index contributed by atoms with van der Waals surface area (Å²) in [6, 6.07) is 9.33. The SMILES string of the molecule is COc1ccc(-n2nc(C)c(C#N)c2Cl)cc1. The molecule has 1 aromatic carbocycles. The zero-order valence-corrected chi connectivity index (χ0v) is 10.2. The van der Waals surface area contributed by atoms with Crippen molar-refractivity contribution >= 4 is 11.6 Å². The third-order valence-electron chi connectivity index (χ3n) is 2.43. The molecule has 4 nitrogen and oxygen atoms in total. The molecule has 0 aliphatic carbocycles. The lowest BCUT2D eigenvalue weighted by atomic mass is 10.3. The van der Waals surface area contributed by atoms with Gasteiger partial charge in [-0.05, 0) is 31.2 Å². The van der Waals surface area contributed by atoms with Crippen molar-refractivity contribution in [3.8, 4) is 17.5 Å². The zero-order chi connectivity index (χ0) is 12.4. The van der Waals surface area contributed by atoms with Gasteiger partial charge in [0.25, 0.3) is 0 Å². The van der Waals surface area contributed by atoms with Gasteiger partial charge < -0.3 is 4.74 Å². The molecular formula is C12H10ClN3O. The first-order valence-corrected chi connectivity index (χ1v) is 5.35. The van der Waals surface area contributed by atoms with Gasteiger partial charge in [0, 0.05) is 0 Å². The van der Waals surface area contributed by atoms with E-state index < -0.39 is 0 Å². The molecule has 0 saturated heterocycles. The van der Waals surface area contributed by atoms with Gasteiger partial charge in [-0.1, -0.05) is 11.6 Å². The Morgan fingerprint density at radius 1 is 1.35 bits per heavy atom. The largest absolute Gasteiger partial charge is 0.497 e. The Morgan fingerprint density at radius 2 is 2.00 bits per heavy atom. The summed E-state index contributed by atoms with van der Waals surface area (Å²) < 4.78 is 6.61. The second-order valence-corrected chi connectivity index (χ2v) is 3.83. The molecular weight excluding hydrogens is 238 g/mol. The van der Waals surface area contributed by atoms with E-state index in [1.54, 1.807) is 14.0 Å². The molecule has 0 N–H and O–H groups in total. The van der Waals surface area contributed by atoms with Crippen LogP contribution >= 0.6 is 11.6 Å². The highest BCUT2D eigenvalue weighted by atomic mass is 35.5. The smallest absolute Gasteiger partial charge is 0.150 e. The van der Waals surface area contributed by atoms with Gasteiger partial charge in [-0.25, -0.2) is 4.68 Å². The summed E-state index contributed by atoms with van der Waals surface area (Å²) in [6.45, 7) is 1.75. The number of hydrogen-bond donors (Lipinski definition) is 0. The van der Waals surface area contributed by atoms with Crippen molar-refractivity contribution in [2.75, 3.05) is 7.11 Å². The summed E-state index contributed by atoms with van der Waals surface area (Å²) in [6.07, 6.45) is 0. The van der Waals surface area contributed by atoms with Gasteiger partial charge in [-0.3, -0.25) is 0 Å². The zero-order valence-electron chi connectivity index (χ0n) is 9.44. The van der Waals surface area contributed by atoms with E-state index in [0.29, 0.717) is 16.4 Å². The summed E-state index contributed by atoms with van der Waals surface area (Å²) >= 11 is 6.08. The highest BCUT2D eigenvalue weighted by Gasteiger charge is 2.13. The first kappa shape index (κ1) is 11.5. The summed E-state index contributed by atoms with van der Waals surface area (Å²) in [4.78, 5) is 0. The van der Waals surface area contributed by atoms with Crippen molar-refractivity contribution < 1.29 is 4.74 Å². The topological polar surface area (TPSA) is 50.8 Å². The van der Waals surface area contributed by atoms with Crippen LogP contribution in [0.5, 0.6) is 5.75 Å². The molecule has 86 valence electrons. The Morgan fingerprint density at radius 3 is 2.47 bits per heavy atom. The molecule has 0 fully saturated rings. The number of hydrogen-bond acceptors (Lipinski definition) is 3. The molecule has 0 aliphatic rings. The maximum absolute atomic E-state index is 8.93. The van der Waals surface area contributed by atoms with Gasteiger partial charge in [0.1, 0.15) is 17.4 Å². The fourth-order valence-corrected chi connectivity index (χ4v) is 1.84. The van der Waals surface area contributed by atoms with Gasteiger partial charge in [0.2, 0.25) is 0 Å². The average Bonchev–Trinajstić information content (AvgIpc) is 2.64. The Balaban J connectivity index is 2.50. The van der Waals surface area contributed by atoms with Crippen molar-refractivity contribution in [2.45, 2.75) is 6.92 Å². The number of ether oxygens (including phenoxy) is 1. The number of benzene rings is 1. The van der Waals surface area contributed by atoms with Crippen molar-refractivity contribution in [1.29, 1.82) is 5.26 Å². The number of nitrogens with zero attached hydrogens (tertiary/aromatic N) is 3. The average molecular weight is 248 g/mol. The Kier molecular flexibility index (Phi) is 3.03. The molecule has 0 radical (unpaired) electrons. The Labute approximate surface area is 104 Å². The predicted molar refractivity (Wildman–Crippen MR) is 64.6 cm³/mol. The molecule has 0 amide bonds. The number of aromatic nitrogens is 2. The molecule has 0 spiro atoms. The van der Waals surface area contributed by atoms with Crippen molar-refractivity contribution in [1.82, 2.24) is 9.78 Å². The molecule has 5 heteroatoms. The lowest BCUT2D eigenvalue weighted by Crippen LogP contribution is -1.96. The molecule has 2 aromatic rings. The summed E-state index contributed by atoms with van der Waals surface area (Å²) in [5, 5.41) is 13.5. The van der Waals surface area contributed by atoms with Gasteiger partial charge in [-0.2, -0.15) is 10.4 Å². The van der Waals surface area contributed by atoms with Crippen LogP contribution < -0.4 is 4.74 Å². The molecule has 1 aromatic heterocycles. The van der Waals surface area contributed by atoms with E-state index in [2.05, 4.69) is 5.10 Å². The van der Waals surface area contributed by atoms with Gasteiger partial charge in [0.05, 0.1) is 18.5 Å². The lowest BCUT2D eigenvalue weighted by molar-refractivity contribution is 0.414. The minimum absolute atomic E-state index is 0.329. The van der Waals surface area contributed by atoms with Crippen molar-refractivity contribution in [2.24, 2.45) is 0 Å². The van der Waals surface area contributed by atoms with E-state index in [0.717, 1.165) is 11.4 Å². The second-order valence-electron chi connectivity index (χ2n) is 3.47. The molecule has 0 saturated carbocycles. The lowest BCUT2D eigenvalue weighted by Gasteiger charge is -2.04. The van der Waals surface area contributed by atoms with E-state index in [4.69, 9.17) is 21.6 Å². The van der Waals surface area contributed by atoms with Crippen LogP contribution in [0.1, 0.15) is 11.3 Å². The van der Waals surface area contributed by atoms with Crippen LogP contribution in [0.2, 0.25) is 5.15 Å². The van der Waals surface area contributed by atoms with E-state index in [1.807, 2.05) is 30.3 Å². The van der Waals surface area contributed by atoms with Crippen LogP contribution in [0.3, 0.4) is 0 Å². The molecule has 0 unspecified atom stereocenters. The third-order valence-corrected chi connectivity index (χ3v) is 2.78. The van der Waals surface area contributed by atoms with E-state index in [-0.39, 0.29) is 0 Å². The van der Waals surface area contributed by atoms with Crippen LogP contribution in [0.4, 0.5) is 0 Å². The molecule has 17 heavy (non-hydrogen) atoms. The summed E-state index contributed by atoms with van der Waals surface area (Å²) in [7, 11) is 1.60. The quantitative estimate of drug-likeness (QED) is 0.820.